The summed E-state index contributed by atoms with van der Waals surface area (Å²) in [5.41, 5.74) is 0.790. The summed E-state index contributed by atoms with van der Waals surface area (Å²) < 4.78 is 1.88. The molecular formula is C11H14N4O. The third kappa shape index (κ3) is 1.53. The average Bonchev–Trinajstić information content (AvgIpc) is 2.73. The van der Waals surface area contributed by atoms with Crippen molar-refractivity contribution < 1.29 is 5.11 Å². The van der Waals surface area contributed by atoms with E-state index < -0.39 is 0 Å². The Bertz CT molecular complexity index is 502. The molecule has 0 amide bonds. The number of nitrogens with one attached hydrogen (secondary N) is 1. The fourth-order valence-electron chi connectivity index (χ4n) is 2.25. The Hall–Kier alpha value is -1.62. The van der Waals surface area contributed by atoms with Crippen LogP contribution in [0.1, 0.15) is 24.6 Å². The molecule has 0 saturated carbocycles. The van der Waals surface area contributed by atoms with E-state index in [1.54, 1.807) is 18.3 Å². The number of aromatic hydroxyl groups is 1. The SMILES string of the molecule is Oc1ccc2nnc(C3CCCNC3)n2c1. The van der Waals surface area contributed by atoms with Gasteiger partial charge in [-0.25, -0.2) is 0 Å². The molecule has 0 spiro atoms. The molecule has 0 bridgehead atoms. The maximum absolute atomic E-state index is 9.48. The summed E-state index contributed by atoms with van der Waals surface area (Å²) >= 11 is 0. The fraction of sp³-hybridized carbons (Fsp3) is 0.455. The van der Waals surface area contributed by atoms with Crippen molar-refractivity contribution in [2.24, 2.45) is 0 Å². The fourth-order valence-corrected chi connectivity index (χ4v) is 2.25. The first kappa shape index (κ1) is 9.59. The summed E-state index contributed by atoms with van der Waals surface area (Å²) in [5.74, 6) is 1.58. The van der Waals surface area contributed by atoms with E-state index in [0.717, 1.165) is 31.0 Å². The number of fused-ring (bicyclic) bond motifs is 1. The average molecular weight is 218 g/mol. The lowest BCUT2D eigenvalue weighted by atomic mass is 9.99. The molecule has 3 rings (SSSR count). The number of pyridine rings is 1. The monoisotopic (exact) mass is 218 g/mol. The van der Waals surface area contributed by atoms with Gasteiger partial charge in [-0.15, -0.1) is 10.2 Å². The number of aromatic nitrogens is 3. The van der Waals surface area contributed by atoms with Gasteiger partial charge >= 0.3 is 0 Å². The molecule has 16 heavy (non-hydrogen) atoms. The molecule has 1 aliphatic rings. The molecule has 0 radical (unpaired) electrons. The number of nitrogens with zero attached hydrogens (tertiary/aromatic N) is 3. The molecule has 0 aromatic carbocycles. The van der Waals surface area contributed by atoms with Gasteiger partial charge in [-0.1, -0.05) is 0 Å². The maximum atomic E-state index is 9.48. The van der Waals surface area contributed by atoms with E-state index in [4.69, 9.17) is 0 Å². The van der Waals surface area contributed by atoms with Crippen molar-refractivity contribution in [1.82, 2.24) is 19.9 Å². The molecule has 2 aromatic heterocycles. The predicted octanol–water partition coefficient (Wildman–Crippen LogP) is 0.902. The van der Waals surface area contributed by atoms with Gasteiger partial charge in [0.15, 0.2) is 5.65 Å². The summed E-state index contributed by atoms with van der Waals surface area (Å²) in [6.07, 6.45) is 3.97. The van der Waals surface area contributed by atoms with Gasteiger partial charge in [0.05, 0.1) is 6.20 Å². The molecule has 1 unspecified atom stereocenters. The van der Waals surface area contributed by atoms with E-state index in [1.165, 1.54) is 6.42 Å². The van der Waals surface area contributed by atoms with Crippen molar-refractivity contribution >= 4 is 5.65 Å². The first-order chi connectivity index (χ1) is 7.84. The number of hydrogen-bond acceptors (Lipinski definition) is 4. The molecule has 3 heterocycles. The zero-order chi connectivity index (χ0) is 11.0. The minimum Gasteiger partial charge on any atom is -0.506 e. The van der Waals surface area contributed by atoms with Crippen molar-refractivity contribution in [2.45, 2.75) is 18.8 Å². The van der Waals surface area contributed by atoms with Crippen LogP contribution in [0.5, 0.6) is 5.75 Å². The first-order valence-corrected chi connectivity index (χ1v) is 5.59. The molecule has 1 fully saturated rings. The molecule has 1 atom stereocenters. The summed E-state index contributed by atoms with van der Waals surface area (Å²) in [6, 6.07) is 3.41. The molecule has 5 nitrogen and oxygen atoms in total. The van der Waals surface area contributed by atoms with Gasteiger partial charge in [0.1, 0.15) is 11.6 Å². The van der Waals surface area contributed by atoms with Crippen LogP contribution in [0.4, 0.5) is 0 Å². The van der Waals surface area contributed by atoms with Gasteiger partial charge in [0, 0.05) is 12.5 Å². The molecule has 1 aliphatic heterocycles. The second-order valence-corrected chi connectivity index (χ2v) is 4.22. The molecular weight excluding hydrogens is 204 g/mol. The topological polar surface area (TPSA) is 62.5 Å². The van der Waals surface area contributed by atoms with Crippen molar-refractivity contribution in [1.29, 1.82) is 0 Å². The van der Waals surface area contributed by atoms with Crippen LogP contribution in [0.2, 0.25) is 0 Å². The van der Waals surface area contributed by atoms with E-state index in [2.05, 4.69) is 15.5 Å². The van der Waals surface area contributed by atoms with Gasteiger partial charge in [-0.05, 0) is 31.5 Å². The molecule has 2 N–H and O–H groups in total. The van der Waals surface area contributed by atoms with Crippen LogP contribution in [0.15, 0.2) is 18.3 Å². The van der Waals surface area contributed by atoms with E-state index in [1.807, 2.05) is 4.40 Å². The van der Waals surface area contributed by atoms with Crippen LogP contribution in [0.3, 0.4) is 0 Å². The summed E-state index contributed by atoms with van der Waals surface area (Å²) in [6.45, 7) is 2.02. The van der Waals surface area contributed by atoms with Crippen LogP contribution in [0.25, 0.3) is 5.65 Å². The van der Waals surface area contributed by atoms with Crippen LogP contribution in [0, 0.1) is 0 Å². The van der Waals surface area contributed by atoms with Gasteiger partial charge in [0.25, 0.3) is 0 Å². The molecule has 2 aromatic rings. The van der Waals surface area contributed by atoms with E-state index >= 15 is 0 Å². The van der Waals surface area contributed by atoms with Gasteiger partial charge in [-0.2, -0.15) is 0 Å². The minimum absolute atomic E-state index is 0.248. The van der Waals surface area contributed by atoms with E-state index in [0.29, 0.717) is 5.92 Å². The number of rotatable bonds is 1. The number of hydrogen-bond donors (Lipinski definition) is 2. The first-order valence-electron chi connectivity index (χ1n) is 5.59. The summed E-state index contributed by atoms with van der Waals surface area (Å²) in [4.78, 5) is 0. The smallest absolute Gasteiger partial charge is 0.161 e. The highest BCUT2D eigenvalue weighted by molar-refractivity contribution is 5.41. The summed E-state index contributed by atoms with van der Waals surface area (Å²) in [5, 5.41) is 21.2. The molecule has 5 heteroatoms. The highest BCUT2D eigenvalue weighted by Gasteiger charge is 2.20. The van der Waals surface area contributed by atoms with Crippen LogP contribution < -0.4 is 5.32 Å². The quantitative estimate of drug-likeness (QED) is 0.746. The number of piperidine rings is 1. The minimum atomic E-state index is 0.248. The largest absolute Gasteiger partial charge is 0.506 e. The van der Waals surface area contributed by atoms with Gasteiger partial charge in [-0.3, -0.25) is 4.40 Å². The van der Waals surface area contributed by atoms with Crippen LogP contribution in [-0.2, 0) is 0 Å². The third-order valence-electron chi connectivity index (χ3n) is 3.08. The molecule has 0 aliphatic carbocycles. The second-order valence-electron chi connectivity index (χ2n) is 4.22. The third-order valence-corrected chi connectivity index (χ3v) is 3.08. The van der Waals surface area contributed by atoms with Gasteiger partial charge < -0.3 is 10.4 Å². The van der Waals surface area contributed by atoms with Crippen molar-refractivity contribution in [3.8, 4) is 5.75 Å². The zero-order valence-electron chi connectivity index (χ0n) is 8.93. The Morgan fingerprint density at radius 3 is 3.12 bits per heavy atom. The standard InChI is InChI=1S/C11H14N4O/c16-9-3-4-10-13-14-11(15(10)7-9)8-2-1-5-12-6-8/h3-4,7-8,12,16H,1-2,5-6H2. The highest BCUT2D eigenvalue weighted by atomic mass is 16.3. The molecule has 1 saturated heterocycles. The second kappa shape index (κ2) is 3.75. The Morgan fingerprint density at radius 1 is 1.38 bits per heavy atom. The van der Waals surface area contributed by atoms with Crippen LogP contribution in [-0.4, -0.2) is 32.8 Å². The predicted molar refractivity (Wildman–Crippen MR) is 59.5 cm³/mol. The highest BCUT2D eigenvalue weighted by Crippen LogP contribution is 2.23. The Balaban J connectivity index is 2.05. The van der Waals surface area contributed by atoms with Crippen molar-refractivity contribution in [3.63, 3.8) is 0 Å². The Morgan fingerprint density at radius 2 is 2.31 bits per heavy atom. The van der Waals surface area contributed by atoms with Crippen molar-refractivity contribution in [2.75, 3.05) is 13.1 Å². The lowest BCUT2D eigenvalue weighted by Crippen LogP contribution is -2.29. The van der Waals surface area contributed by atoms with Crippen LogP contribution >= 0.6 is 0 Å². The van der Waals surface area contributed by atoms with Crippen molar-refractivity contribution in [3.05, 3.63) is 24.2 Å². The molecule has 84 valence electrons. The Kier molecular flexibility index (Phi) is 2.25. The zero-order valence-corrected chi connectivity index (χ0v) is 8.93. The van der Waals surface area contributed by atoms with E-state index in [9.17, 15) is 5.11 Å². The van der Waals surface area contributed by atoms with E-state index in [-0.39, 0.29) is 5.75 Å². The summed E-state index contributed by atoms with van der Waals surface area (Å²) in [7, 11) is 0. The maximum Gasteiger partial charge on any atom is 0.161 e. The lowest BCUT2D eigenvalue weighted by Gasteiger charge is -2.21. The lowest BCUT2D eigenvalue weighted by molar-refractivity contribution is 0.441. The van der Waals surface area contributed by atoms with Gasteiger partial charge in [0.2, 0.25) is 0 Å². The Labute approximate surface area is 93.1 Å². The normalized spacial score (nSPS) is 21.4.